The molecule has 1 heterocycles. The lowest BCUT2D eigenvalue weighted by Crippen LogP contribution is -2.39. The first-order valence-corrected chi connectivity index (χ1v) is 9.97. The minimum atomic E-state index is -3.49. The van der Waals surface area contributed by atoms with Gasteiger partial charge in [0, 0.05) is 25.0 Å². The van der Waals surface area contributed by atoms with Gasteiger partial charge in [-0.25, -0.2) is 13.1 Å². The highest BCUT2D eigenvalue weighted by Gasteiger charge is 2.44. The molecular weight excluding hydrogens is 312 g/mol. The van der Waals surface area contributed by atoms with E-state index in [0.717, 1.165) is 37.7 Å². The Morgan fingerprint density at radius 1 is 1.13 bits per heavy atom. The van der Waals surface area contributed by atoms with E-state index < -0.39 is 15.3 Å². The molecular formula is C17H22N2O3S. The second-order valence-corrected chi connectivity index (χ2v) is 8.90. The summed E-state index contributed by atoms with van der Waals surface area (Å²) in [6.07, 6.45) is 4.97. The molecule has 1 saturated carbocycles. The summed E-state index contributed by atoms with van der Waals surface area (Å²) in [6, 6.07) is 8.17. The van der Waals surface area contributed by atoms with E-state index in [1.807, 2.05) is 18.2 Å². The highest BCUT2D eigenvalue weighted by atomic mass is 32.2. The summed E-state index contributed by atoms with van der Waals surface area (Å²) < 4.78 is 28.4. The summed E-state index contributed by atoms with van der Waals surface area (Å²) in [5.74, 6) is -0.00748. The molecule has 1 aliphatic heterocycles. The van der Waals surface area contributed by atoms with Crippen molar-refractivity contribution in [2.24, 2.45) is 0 Å². The minimum Gasteiger partial charge on any atom is -0.338 e. The number of benzene rings is 1. The Labute approximate surface area is 137 Å². The number of aryl methyl sites for hydroxylation is 1. The highest BCUT2D eigenvalue weighted by molar-refractivity contribution is 7.90. The lowest BCUT2D eigenvalue weighted by atomic mass is 9.88. The molecule has 4 rings (SSSR count). The van der Waals surface area contributed by atoms with Crippen LogP contribution in [-0.2, 0) is 21.2 Å². The summed E-state index contributed by atoms with van der Waals surface area (Å²) in [5.41, 5.74) is 2.32. The molecule has 0 radical (unpaired) electrons. The maximum Gasteiger partial charge on any atom is 0.224 e. The van der Waals surface area contributed by atoms with Crippen LogP contribution in [0.5, 0.6) is 0 Å². The summed E-state index contributed by atoms with van der Waals surface area (Å²) in [7, 11) is -3.49. The third kappa shape index (κ3) is 2.90. The van der Waals surface area contributed by atoms with Crippen LogP contribution in [0.4, 0.5) is 0 Å². The molecule has 5 nitrogen and oxygen atoms in total. The van der Waals surface area contributed by atoms with Crippen LogP contribution >= 0.6 is 0 Å². The van der Waals surface area contributed by atoms with Gasteiger partial charge in [-0.15, -0.1) is 0 Å². The summed E-state index contributed by atoms with van der Waals surface area (Å²) in [4.78, 5) is 13.8. The summed E-state index contributed by atoms with van der Waals surface area (Å²) >= 11 is 0. The second-order valence-electron chi connectivity index (χ2n) is 6.91. The Morgan fingerprint density at radius 3 is 2.70 bits per heavy atom. The van der Waals surface area contributed by atoms with Crippen molar-refractivity contribution in [1.29, 1.82) is 0 Å². The largest absolute Gasteiger partial charge is 0.338 e. The number of hydrogen-bond acceptors (Lipinski definition) is 3. The van der Waals surface area contributed by atoms with Gasteiger partial charge in [0.2, 0.25) is 15.9 Å². The molecule has 1 N–H and O–H groups in total. The third-order valence-corrected chi connectivity index (χ3v) is 7.03. The van der Waals surface area contributed by atoms with Gasteiger partial charge in [0.25, 0.3) is 0 Å². The first-order chi connectivity index (χ1) is 11.0. The molecule has 2 aliphatic carbocycles. The van der Waals surface area contributed by atoms with Crippen molar-refractivity contribution in [3.63, 3.8) is 0 Å². The van der Waals surface area contributed by atoms with Crippen molar-refractivity contribution in [3.8, 4) is 0 Å². The smallest absolute Gasteiger partial charge is 0.224 e. The first kappa shape index (κ1) is 15.1. The maximum atomic E-state index is 12.8. The molecule has 6 heteroatoms. The van der Waals surface area contributed by atoms with E-state index in [1.54, 1.807) is 4.90 Å². The van der Waals surface area contributed by atoms with Gasteiger partial charge in [0.05, 0.1) is 0 Å². The predicted octanol–water partition coefficient (Wildman–Crippen LogP) is 1.75. The van der Waals surface area contributed by atoms with Crippen LogP contribution in [0.2, 0.25) is 0 Å². The number of carbonyl (C=O) groups excluding carboxylic acids is 1. The minimum absolute atomic E-state index is 0.00748. The van der Waals surface area contributed by atoms with Gasteiger partial charge in [0.1, 0.15) is 5.25 Å². The maximum absolute atomic E-state index is 12.8. The van der Waals surface area contributed by atoms with Gasteiger partial charge in [-0.2, -0.15) is 0 Å². The molecule has 1 amide bonds. The quantitative estimate of drug-likeness (QED) is 0.912. The molecule has 1 saturated heterocycles. The molecule has 0 aromatic heterocycles. The van der Waals surface area contributed by atoms with E-state index in [-0.39, 0.29) is 24.4 Å². The van der Waals surface area contributed by atoms with Crippen LogP contribution in [0, 0.1) is 0 Å². The molecule has 2 atom stereocenters. The number of carbonyl (C=O) groups is 1. The molecule has 124 valence electrons. The van der Waals surface area contributed by atoms with E-state index in [9.17, 15) is 13.2 Å². The van der Waals surface area contributed by atoms with Gasteiger partial charge < -0.3 is 4.90 Å². The Balaban J connectivity index is 1.51. The van der Waals surface area contributed by atoms with Crippen molar-refractivity contribution < 1.29 is 13.2 Å². The molecule has 0 spiro atoms. The number of hydrogen-bond donors (Lipinski definition) is 1. The van der Waals surface area contributed by atoms with Crippen molar-refractivity contribution in [3.05, 3.63) is 35.4 Å². The topological polar surface area (TPSA) is 66.5 Å². The molecule has 23 heavy (non-hydrogen) atoms. The average molecular weight is 334 g/mol. The zero-order valence-corrected chi connectivity index (χ0v) is 13.9. The van der Waals surface area contributed by atoms with E-state index >= 15 is 0 Å². The van der Waals surface area contributed by atoms with Crippen LogP contribution in [0.15, 0.2) is 24.3 Å². The van der Waals surface area contributed by atoms with Gasteiger partial charge >= 0.3 is 0 Å². The monoisotopic (exact) mass is 334 g/mol. The highest BCUT2D eigenvalue weighted by Crippen LogP contribution is 2.34. The zero-order valence-electron chi connectivity index (χ0n) is 13.1. The molecule has 3 aliphatic rings. The zero-order chi connectivity index (χ0) is 16.0. The van der Waals surface area contributed by atoms with Crippen LogP contribution < -0.4 is 4.72 Å². The number of nitrogens with one attached hydrogen (secondary N) is 1. The summed E-state index contributed by atoms with van der Waals surface area (Å²) in [6.45, 7) is 0.354. The lowest BCUT2D eigenvalue weighted by Gasteiger charge is -2.27. The molecule has 2 fully saturated rings. The third-order valence-electron chi connectivity index (χ3n) is 5.23. The molecule has 2 unspecified atom stereocenters. The molecule has 0 bridgehead atoms. The van der Waals surface area contributed by atoms with Crippen molar-refractivity contribution in [1.82, 2.24) is 9.62 Å². The number of likely N-dealkylation sites (tertiary alicyclic amines) is 1. The van der Waals surface area contributed by atoms with Crippen molar-refractivity contribution >= 4 is 15.9 Å². The number of fused-ring (bicyclic) bond motifs is 1. The van der Waals surface area contributed by atoms with Crippen LogP contribution in [0.1, 0.15) is 49.3 Å². The van der Waals surface area contributed by atoms with E-state index in [1.165, 1.54) is 5.56 Å². The van der Waals surface area contributed by atoms with Gasteiger partial charge in [0.15, 0.2) is 0 Å². The van der Waals surface area contributed by atoms with Gasteiger partial charge in [-0.05, 0) is 43.2 Å². The van der Waals surface area contributed by atoms with Crippen molar-refractivity contribution in [2.45, 2.75) is 55.9 Å². The summed E-state index contributed by atoms with van der Waals surface area (Å²) in [5, 5.41) is -0.607. The van der Waals surface area contributed by atoms with Gasteiger partial charge in [-0.3, -0.25) is 4.79 Å². The van der Waals surface area contributed by atoms with E-state index in [4.69, 9.17) is 0 Å². The number of nitrogens with zero attached hydrogens (tertiary/aromatic N) is 1. The Bertz CT molecular complexity index is 727. The lowest BCUT2D eigenvalue weighted by molar-refractivity contribution is -0.128. The number of rotatable bonds is 4. The van der Waals surface area contributed by atoms with Crippen LogP contribution in [0.25, 0.3) is 0 Å². The number of sulfonamides is 1. The first-order valence-electron chi connectivity index (χ1n) is 8.43. The fourth-order valence-electron chi connectivity index (χ4n) is 3.82. The van der Waals surface area contributed by atoms with E-state index in [2.05, 4.69) is 10.8 Å². The fraction of sp³-hybridized carbons (Fsp3) is 0.588. The Hall–Kier alpha value is -1.40. The SMILES string of the molecule is O=C1CC(S(=O)(=O)NC2CCCc3ccccc32)CN1C1CC1. The molecule has 1 aromatic carbocycles. The Morgan fingerprint density at radius 2 is 1.91 bits per heavy atom. The van der Waals surface area contributed by atoms with E-state index in [0.29, 0.717) is 6.54 Å². The number of amides is 1. The van der Waals surface area contributed by atoms with Crippen molar-refractivity contribution in [2.75, 3.05) is 6.54 Å². The molecule has 1 aromatic rings. The standard InChI is InChI=1S/C17H22N2O3S/c20-17-10-14(11-19(17)13-8-9-13)23(21,22)18-16-7-3-5-12-4-1-2-6-15(12)16/h1-2,4,6,13-14,16,18H,3,5,7-11H2. The van der Waals surface area contributed by atoms with Gasteiger partial charge in [-0.1, -0.05) is 24.3 Å². The normalized spacial score (nSPS) is 28.0. The fourth-order valence-corrected chi connectivity index (χ4v) is 5.37. The van der Waals surface area contributed by atoms with Crippen LogP contribution in [0.3, 0.4) is 0 Å². The predicted molar refractivity (Wildman–Crippen MR) is 87.3 cm³/mol. The Kier molecular flexibility index (Phi) is 3.69. The average Bonchev–Trinajstić information content (AvgIpc) is 3.29. The van der Waals surface area contributed by atoms with Crippen LogP contribution in [-0.4, -0.2) is 37.1 Å². The second kappa shape index (κ2) is 5.60.